The number of rotatable bonds is 1. The Labute approximate surface area is 82.3 Å². The second-order valence-electron chi connectivity index (χ2n) is 3.94. The Balaban J connectivity index is 2.30. The van der Waals surface area contributed by atoms with E-state index in [9.17, 15) is 4.79 Å². The molecule has 1 aliphatic heterocycles. The molecule has 2 rings (SSSR count). The van der Waals surface area contributed by atoms with Crippen LogP contribution >= 0.6 is 0 Å². The fourth-order valence-electron chi connectivity index (χ4n) is 1.71. The van der Waals surface area contributed by atoms with Gasteiger partial charge in [0.2, 0.25) is 0 Å². The lowest BCUT2D eigenvalue weighted by Gasteiger charge is -2.20. The number of cyclic esters (lactones) is 1. The standard InChI is InChI=1S/C11H12O3/c1-11(6-10(13)14-7-11)8-2-4-9(12)5-3-8/h2-5,12H,6-7H2,1H3. The highest BCUT2D eigenvalue weighted by Crippen LogP contribution is 2.33. The van der Waals surface area contributed by atoms with Crippen molar-refractivity contribution in [3.63, 3.8) is 0 Å². The minimum atomic E-state index is -0.231. The van der Waals surface area contributed by atoms with E-state index in [-0.39, 0.29) is 17.1 Å². The molecule has 1 aromatic rings. The lowest BCUT2D eigenvalue weighted by Crippen LogP contribution is -2.21. The van der Waals surface area contributed by atoms with Crippen LogP contribution in [0.5, 0.6) is 5.75 Å². The third kappa shape index (κ3) is 1.45. The first-order valence-corrected chi connectivity index (χ1v) is 4.55. The van der Waals surface area contributed by atoms with E-state index in [2.05, 4.69) is 0 Å². The Morgan fingerprint density at radius 1 is 1.36 bits per heavy atom. The maximum absolute atomic E-state index is 11.0. The van der Waals surface area contributed by atoms with E-state index < -0.39 is 0 Å². The molecule has 74 valence electrons. The van der Waals surface area contributed by atoms with Crippen molar-refractivity contribution in [1.29, 1.82) is 0 Å². The monoisotopic (exact) mass is 192 g/mol. The Morgan fingerprint density at radius 3 is 2.50 bits per heavy atom. The van der Waals surface area contributed by atoms with Crippen molar-refractivity contribution in [2.75, 3.05) is 6.61 Å². The summed E-state index contributed by atoms with van der Waals surface area (Å²) in [6.07, 6.45) is 0.414. The largest absolute Gasteiger partial charge is 0.508 e. The summed E-state index contributed by atoms with van der Waals surface area (Å²) in [6, 6.07) is 6.92. The summed E-state index contributed by atoms with van der Waals surface area (Å²) in [6.45, 7) is 2.42. The first kappa shape index (κ1) is 9.06. The van der Waals surface area contributed by atoms with E-state index in [0.29, 0.717) is 13.0 Å². The number of carbonyl (C=O) groups excluding carboxylic acids is 1. The average Bonchev–Trinajstić information content (AvgIpc) is 2.48. The van der Waals surface area contributed by atoms with Crippen LogP contribution < -0.4 is 0 Å². The molecule has 0 saturated carbocycles. The minimum absolute atomic E-state index is 0.152. The van der Waals surface area contributed by atoms with E-state index in [1.807, 2.05) is 19.1 Å². The highest BCUT2D eigenvalue weighted by atomic mass is 16.5. The highest BCUT2D eigenvalue weighted by Gasteiger charge is 2.37. The van der Waals surface area contributed by atoms with Crippen LogP contribution in [0, 0.1) is 0 Å². The zero-order valence-corrected chi connectivity index (χ0v) is 7.99. The van der Waals surface area contributed by atoms with Crippen molar-refractivity contribution >= 4 is 5.97 Å². The zero-order valence-electron chi connectivity index (χ0n) is 7.99. The number of aromatic hydroxyl groups is 1. The number of carbonyl (C=O) groups is 1. The second kappa shape index (κ2) is 3.01. The van der Waals surface area contributed by atoms with Crippen LogP contribution in [0.4, 0.5) is 0 Å². The van der Waals surface area contributed by atoms with Gasteiger partial charge in [0.15, 0.2) is 0 Å². The van der Waals surface area contributed by atoms with Gasteiger partial charge in [-0.1, -0.05) is 19.1 Å². The number of phenols is 1. The maximum atomic E-state index is 11.0. The predicted molar refractivity (Wildman–Crippen MR) is 51.0 cm³/mol. The quantitative estimate of drug-likeness (QED) is 0.687. The van der Waals surface area contributed by atoms with E-state index in [0.717, 1.165) is 5.56 Å². The van der Waals surface area contributed by atoms with Gasteiger partial charge >= 0.3 is 5.97 Å². The molecular weight excluding hydrogens is 180 g/mol. The van der Waals surface area contributed by atoms with Gasteiger partial charge in [0, 0.05) is 5.41 Å². The summed E-state index contributed by atoms with van der Waals surface area (Å²) in [5.74, 6) is 0.0863. The zero-order chi connectivity index (χ0) is 10.2. The van der Waals surface area contributed by atoms with Gasteiger partial charge in [-0.25, -0.2) is 0 Å². The summed E-state index contributed by atoms with van der Waals surface area (Å²) in [7, 11) is 0. The van der Waals surface area contributed by atoms with Crippen molar-refractivity contribution in [2.24, 2.45) is 0 Å². The van der Waals surface area contributed by atoms with Crippen LogP contribution in [-0.4, -0.2) is 17.7 Å². The van der Waals surface area contributed by atoms with Crippen LogP contribution in [0.3, 0.4) is 0 Å². The Bertz CT molecular complexity index is 355. The van der Waals surface area contributed by atoms with Crippen molar-refractivity contribution < 1.29 is 14.6 Å². The topological polar surface area (TPSA) is 46.5 Å². The molecular formula is C11H12O3. The van der Waals surface area contributed by atoms with Crippen LogP contribution in [0.15, 0.2) is 24.3 Å². The Morgan fingerprint density at radius 2 is 2.00 bits per heavy atom. The number of benzene rings is 1. The molecule has 1 saturated heterocycles. The smallest absolute Gasteiger partial charge is 0.306 e. The molecule has 1 N–H and O–H groups in total. The predicted octanol–water partition coefficient (Wildman–Crippen LogP) is 1.60. The summed E-state index contributed by atoms with van der Waals surface area (Å²) in [5.41, 5.74) is 0.797. The van der Waals surface area contributed by atoms with Gasteiger partial charge in [-0.15, -0.1) is 0 Å². The molecule has 0 spiro atoms. The van der Waals surface area contributed by atoms with Crippen LogP contribution in [0.25, 0.3) is 0 Å². The Kier molecular flexibility index (Phi) is 1.95. The van der Waals surface area contributed by atoms with Gasteiger partial charge in [-0.2, -0.15) is 0 Å². The molecule has 1 fully saturated rings. The first-order chi connectivity index (χ1) is 6.60. The molecule has 0 aliphatic carbocycles. The first-order valence-electron chi connectivity index (χ1n) is 4.55. The molecule has 1 heterocycles. The number of hydrogen-bond donors (Lipinski definition) is 1. The molecule has 0 bridgehead atoms. The molecule has 1 aliphatic rings. The van der Waals surface area contributed by atoms with Crippen molar-refractivity contribution in [2.45, 2.75) is 18.8 Å². The molecule has 0 radical (unpaired) electrons. The average molecular weight is 192 g/mol. The Hall–Kier alpha value is -1.51. The van der Waals surface area contributed by atoms with Crippen molar-refractivity contribution in [1.82, 2.24) is 0 Å². The van der Waals surface area contributed by atoms with Gasteiger partial charge in [-0.3, -0.25) is 4.79 Å². The SMILES string of the molecule is CC1(c2ccc(O)cc2)COC(=O)C1. The number of esters is 1. The minimum Gasteiger partial charge on any atom is -0.508 e. The summed E-state index contributed by atoms with van der Waals surface area (Å²) < 4.78 is 4.95. The highest BCUT2D eigenvalue weighted by molar-refractivity contribution is 5.74. The summed E-state index contributed by atoms with van der Waals surface area (Å²) in [5, 5.41) is 9.14. The third-order valence-electron chi connectivity index (χ3n) is 2.65. The normalized spacial score (nSPS) is 26.2. The van der Waals surface area contributed by atoms with Crippen LogP contribution in [0.1, 0.15) is 18.9 Å². The van der Waals surface area contributed by atoms with Gasteiger partial charge in [-0.05, 0) is 17.7 Å². The molecule has 1 atom stereocenters. The van der Waals surface area contributed by atoms with E-state index in [1.165, 1.54) is 0 Å². The molecule has 3 nitrogen and oxygen atoms in total. The molecule has 14 heavy (non-hydrogen) atoms. The lowest BCUT2D eigenvalue weighted by atomic mass is 9.82. The van der Waals surface area contributed by atoms with E-state index in [4.69, 9.17) is 9.84 Å². The van der Waals surface area contributed by atoms with Crippen molar-refractivity contribution in [3.8, 4) is 5.75 Å². The van der Waals surface area contributed by atoms with Gasteiger partial charge in [0.25, 0.3) is 0 Å². The summed E-state index contributed by atoms with van der Waals surface area (Å²) in [4.78, 5) is 11.0. The molecule has 1 unspecified atom stereocenters. The number of hydrogen-bond acceptors (Lipinski definition) is 3. The van der Waals surface area contributed by atoms with E-state index >= 15 is 0 Å². The van der Waals surface area contributed by atoms with Crippen LogP contribution in [0.2, 0.25) is 0 Å². The van der Waals surface area contributed by atoms with E-state index in [1.54, 1.807) is 12.1 Å². The lowest BCUT2D eigenvalue weighted by molar-refractivity contribution is -0.137. The summed E-state index contributed by atoms with van der Waals surface area (Å²) >= 11 is 0. The van der Waals surface area contributed by atoms with Gasteiger partial charge in [0.05, 0.1) is 6.42 Å². The number of phenolic OH excluding ortho intramolecular Hbond substituents is 1. The maximum Gasteiger partial charge on any atom is 0.306 e. The number of ether oxygens (including phenoxy) is 1. The second-order valence-corrected chi connectivity index (χ2v) is 3.94. The third-order valence-corrected chi connectivity index (χ3v) is 2.65. The fourth-order valence-corrected chi connectivity index (χ4v) is 1.71. The fraction of sp³-hybridized carbons (Fsp3) is 0.364. The van der Waals surface area contributed by atoms with Gasteiger partial charge in [0.1, 0.15) is 12.4 Å². The van der Waals surface area contributed by atoms with Crippen molar-refractivity contribution in [3.05, 3.63) is 29.8 Å². The molecule has 1 aromatic carbocycles. The molecule has 0 amide bonds. The molecule has 0 aromatic heterocycles. The van der Waals surface area contributed by atoms with Crippen LogP contribution in [-0.2, 0) is 14.9 Å². The van der Waals surface area contributed by atoms with Gasteiger partial charge < -0.3 is 9.84 Å². The molecule has 3 heteroatoms.